The number of carbonyl (C=O) groups excluding carboxylic acids is 2. The average molecular weight is 322 g/mol. The first-order valence-corrected chi connectivity index (χ1v) is 6.82. The Balaban J connectivity index is 1.97. The van der Waals surface area contributed by atoms with Crippen LogP contribution in [0.1, 0.15) is 17.3 Å². The lowest BCUT2D eigenvalue weighted by Crippen LogP contribution is -2.41. The molecule has 0 aliphatic heterocycles. The molecule has 0 saturated heterocycles. The average Bonchev–Trinajstić information content (AvgIpc) is 2.51. The van der Waals surface area contributed by atoms with Crippen molar-refractivity contribution in [1.82, 2.24) is 10.3 Å². The Morgan fingerprint density at radius 2 is 2.09 bits per heavy atom. The van der Waals surface area contributed by atoms with E-state index in [9.17, 15) is 14.0 Å². The number of pyridine rings is 1. The second-order valence-electron chi connectivity index (χ2n) is 4.55. The van der Waals surface area contributed by atoms with Crippen molar-refractivity contribution < 1.29 is 14.0 Å². The molecular formula is C15H13ClFN3O2. The topological polar surface area (TPSA) is 71.1 Å². The first-order chi connectivity index (χ1) is 10.5. The van der Waals surface area contributed by atoms with Crippen LogP contribution in [-0.4, -0.2) is 22.8 Å². The molecule has 0 saturated carbocycles. The van der Waals surface area contributed by atoms with Gasteiger partial charge in [0.1, 0.15) is 11.9 Å². The summed E-state index contributed by atoms with van der Waals surface area (Å²) >= 11 is 5.64. The number of anilines is 1. The van der Waals surface area contributed by atoms with E-state index in [1.165, 1.54) is 25.3 Å². The Bertz CT molecular complexity index is 694. The predicted octanol–water partition coefficient (Wildman–Crippen LogP) is 2.63. The first-order valence-electron chi connectivity index (χ1n) is 6.44. The van der Waals surface area contributed by atoms with Crippen LogP contribution in [-0.2, 0) is 4.79 Å². The zero-order chi connectivity index (χ0) is 16.1. The van der Waals surface area contributed by atoms with E-state index in [0.29, 0.717) is 11.3 Å². The van der Waals surface area contributed by atoms with Gasteiger partial charge >= 0.3 is 0 Å². The van der Waals surface area contributed by atoms with Gasteiger partial charge in [0.25, 0.3) is 5.91 Å². The summed E-state index contributed by atoms with van der Waals surface area (Å²) in [5.41, 5.74) is 0.700. The standard InChI is InChI=1S/C15H13ClFN3O2/c1-9(19-15(22)10-3-2-6-18-8-10)14(21)20-11-4-5-13(17)12(16)7-11/h2-9H,1H3,(H,19,22)(H,20,21). The number of halogens is 2. The van der Waals surface area contributed by atoms with Crippen molar-refractivity contribution in [3.63, 3.8) is 0 Å². The van der Waals surface area contributed by atoms with Gasteiger partial charge in [0.05, 0.1) is 10.6 Å². The molecule has 1 aromatic carbocycles. The zero-order valence-electron chi connectivity index (χ0n) is 11.6. The quantitative estimate of drug-likeness (QED) is 0.909. The molecule has 5 nitrogen and oxygen atoms in total. The highest BCUT2D eigenvalue weighted by atomic mass is 35.5. The van der Waals surface area contributed by atoms with E-state index in [-0.39, 0.29) is 5.02 Å². The van der Waals surface area contributed by atoms with Gasteiger partial charge in [-0.2, -0.15) is 0 Å². The minimum absolute atomic E-state index is 0.0927. The Morgan fingerprint density at radius 3 is 2.73 bits per heavy atom. The summed E-state index contributed by atoms with van der Waals surface area (Å²) in [6, 6.07) is 6.26. The molecule has 0 fully saturated rings. The van der Waals surface area contributed by atoms with E-state index in [4.69, 9.17) is 11.6 Å². The van der Waals surface area contributed by atoms with Gasteiger partial charge in [-0.15, -0.1) is 0 Å². The third-order valence-electron chi connectivity index (χ3n) is 2.85. The van der Waals surface area contributed by atoms with Gasteiger partial charge in [-0.25, -0.2) is 4.39 Å². The van der Waals surface area contributed by atoms with Gasteiger partial charge in [-0.1, -0.05) is 11.6 Å². The zero-order valence-corrected chi connectivity index (χ0v) is 12.4. The Labute approximate surface area is 131 Å². The molecule has 114 valence electrons. The van der Waals surface area contributed by atoms with Gasteiger partial charge in [0, 0.05) is 18.1 Å². The Morgan fingerprint density at radius 1 is 1.32 bits per heavy atom. The van der Waals surface area contributed by atoms with E-state index in [1.807, 2.05) is 0 Å². The smallest absolute Gasteiger partial charge is 0.253 e. The summed E-state index contributed by atoms with van der Waals surface area (Å²) in [7, 11) is 0. The van der Waals surface area contributed by atoms with Crippen LogP contribution in [0.3, 0.4) is 0 Å². The number of carbonyl (C=O) groups is 2. The molecule has 2 rings (SSSR count). The molecule has 1 heterocycles. The lowest BCUT2D eigenvalue weighted by Gasteiger charge is -2.14. The van der Waals surface area contributed by atoms with Gasteiger partial charge in [0.2, 0.25) is 5.91 Å². The van der Waals surface area contributed by atoms with Gasteiger partial charge < -0.3 is 10.6 Å². The lowest BCUT2D eigenvalue weighted by atomic mass is 10.2. The number of rotatable bonds is 4. The number of aromatic nitrogens is 1. The molecule has 2 amide bonds. The number of nitrogens with one attached hydrogen (secondary N) is 2. The normalized spacial score (nSPS) is 11.6. The van der Waals surface area contributed by atoms with E-state index < -0.39 is 23.7 Å². The highest BCUT2D eigenvalue weighted by molar-refractivity contribution is 6.31. The van der Waals surface area contributed by atoms with E-state index in [0.717, 1.165) is 6.07 Å². The molecule has 2 aromatic rings. The van der Waals surface area contributed by atoms with E-state index in [2.05, 4.69) is 15.6 Å². The third kappa shape index (κ3) is 4.02. The summed E-state index contributed by atoms with van der Waals surface area (Å²) < 4.78 is 13.0. The Hall–Kier alpha value is -2.47. The second-order valence-corrected chi connectivity index (χ2v) is 4.96. The summed E-state index contributed by atoms with van der Waals surface area (Å²) in [5.74, 6) is -1.43. The molecule has 1 atom stereocenters. The maximum absolute atomic E-state index is 13.0. The summed E-state index contributed by atoms with van der Waals surface area (Å²) in [6.07, 6.45) is 2.95. The lowest BCUT2D eigenvalue weighted by molar-refractivity contribution is -0.117. The van der Waals surface area contributed by atoms with Gasteiger partial charge in [-0.05, 0) is 37.3 Å². The maximum atomic E-state index is 13.0. The van der Waals surface area contributed by atoms with Crippen LogP contribution in [0, 0.1) is 5.82 Å². The van der Waals surface area contributed by atoms with Crippen molar-refractivity contribution in [3.05, 3.63) is 59.1 Å². The van der Waals surface area contributed by atoms with Crippen LogP contribution in [0.4, 0.5) is 10.1 Å². The highest BCUT2D eigenvalue weighted by Crippen LogP contribution is 2.19. The third-order valence-corrected chi connectivity index (χ3v) is 3.14. The molecule has 1 unspecified atom stereocenters. The molecule has 22 heavy (non-hydrogen) atoms. The van der Waals surface area contributed by atoms with Crippen molar-refractivity contribution in [2.24, 2.45) is 0 Å². The number of nitrogens with zero attached hydrogens (tertiary/aromatic N) is 1. The van der Waals surface area contributed by atoms with Gasteiger partial charge in [-0.3, -0.25) is 14.6 Å². The number of hydrogen-bond donors (Lipinski definition) is 2. The largest absolute Gasteiger partial charge is 0.340 e. The van der Waals surface area contributed by atoms with Crippen molar-refractivity contribution >= 4 is 29.1 Å². The molecule has 1 aromatic heterocycles. The molecule has 0 radical (unpaired) electrons. The monoisotopic (exact) mass is 321 g/mol. The summed E-state index contributed by atoms with van der Waals surface area (Å²) in [4.78, 5) is 27.7. The van der Waals surface area contributed by atoms with Crippen molar-refractivity contribution in [2.45, 2.75) is 13.0 Å². The number of hydrogen-bond acceptors (Lipinski definition) is 3. The van der Waals surface area contributed by atoms with Crippen LogP contribution < -0.4 is 10.6 Å². The van der Waals surface area contributed by atoms with Crippen LogP contribution in [0.2, 0.25) is 5.02 Å². The molecule has 0 aliphatic rings. The van der Waals surface area contributed by atoms with Crippen LogP contribution in [0.5, 0.6) is 0 Å². The molecule has 0 spiro atoms. The minimum Gasteiger partial charge on any atom is -0.340 e. The van der Waals surface area contributed by atoms with Crippen LogP contribution in [0.15, 0.2) is 42.7 Å². The fraction of sp³-hybridized carbons (Fsp3) is 0.133. The molecule has 2 N–H and O–H groups in total. The fourth-order valence-electron chi connectivity index (χ4n) is 1.67. The van der Waals surface area contributed by atoms with Crippen molar-refractivity contribution in [2.75, 3.05) is 5.32 Å². The molecular weight excluding hydrogens is 309 g/mol. The Kier molecular flexibility index (Phi) is 5.06. The van der Waals surface area contributed by atoms with Crippen LogP contribution >= 0.6 is 11.6 Å². The maximum Gasteiger partial charge on any atom is 0.253 e. The van der Waals surface area contributed by atoms with Gasteiger partial charge in [0.15, 0.2) is 0 Å². The highest BCUT2D eigenvalue weighted by Gasteiger charge is 2.17. The van der Waals surface area contributed by atoms with E-state index in [1.54, 1.807) is 18.3 Å². The number of amides is 2. The molecule has 0 bridgehead atoms. The summed E-state index contributed by atoms with van der Waals surface area (Å²) in [6.45, 7) is 1.54. The van der Waals surface area contributed by atoms with Crippen molar-refractivity contribution in [3.8, 4) is 0 Å². The SMILES string of the molecule is CC(NC(=O)c1cccnc1)C(=O)Nc1ccc(F)c(Cl)c1. The minimum atomic E-state index is -0.781. The second kappa shape index (κ2) is 7.00. The fourth-order valence-corrected chi connectivity index (χ4v) is 1.85. The van der Waals surface area contributed by atoms with Crippen molar-refractivity contribution in [1.29, 1.82) is 0 Å². The predicted molar refractivity (Wildman–Crippen MR) is 81.2 cm³/mol. The summed E-state index contributed by atoms with van der Waals surface area (Å²) in [5, 5.41) is 5.00. The molecule has 7 heteroatoms. The number of benzene rings is 1. The first kappa shape index (κ1) is 15.9. The van der Waals surface area contributed by atoms with E-state index >= 15 is 0 Å². The molecule has 0 aliphatic carbocycles. The van der Waals surface area contributed by atoms with Crippen LogP contribution in [0.25, 0.3) is 0 Å².